The van der Waals surface area contributed by atoms with Crippen LogP contribution in [-0.4, -0.2) is 25.1 Å². The third kappa shape index (κ3) is 0.889. The Kier molecular flexibility index (Phi) is 0.970. The number of hydrogen-bond donors (Lipinski definition) is 0. The predicted octanol–water partition coefficient (Wildman–Crippen LogP) is -0.386. The summed E-state index contributed by atoms with van der Waals surface area (Å²) in [5.74, 6) is 0. The van der Waals surface area contributed by atoms with Crippen molar-refractivity contribution in [1.29, 1.82) is 0 Å². The van der Waals surface area contributed by atoms with E-state index >= 15 is 0 Å². The fraction of sp³-hybridized carbons (Fsp3) is 0.600. The summed E-state index contributed by atoms with van der Waals surface area (Å²) >= 11 is 0. The molecule has 0 spiro atoms. The van der Waals surface area contributed by atoms with E-state index in [-0.39, 0.29) is 6.10 Å². The SMILES string of the molecule is COC(C)C1=[N+]=C1. The lowest BCUT2D eigenvalue weighted by molar-refractivity contribution is 0.173. The summed E-state index contributed by atoms with van der Waals surface area (Å²) in [6, 6.07) is 0. The third-order valence-electron chi connectivity index (χ3n) is 1.05. The van der Waals surface area contributed by atoms with Gasteiger partial charge in [-0.15, -0.1) is 0 Å². The lowest BCUT2D eigenvalue weighted by Gasteiger charge is -1.91. The Bertz CT molecular complexity index is 133. The molecule has 0 radical (unpaired) electrons. The van der Waals surface area contributed by atoms with Crippen LogP contribution in [0.4, 0.5) is 0 Å². The molecule has 0 aromatic carbocycles. The molecule has 0 N–H and O–H groups in total. The number of hydrogen-bond acceptors (Lipinski definition) is 1. The normalized spacial score (nSPS) is 18.9. The van der Waals surface area contributed by atoms with E-state index in [0.29, 0.717) is 0 Å². The Morgan fingerprint density at radius 1 is 1.86 bits per heavy atom. The van der Waals surface area contributed by atoms with Crippen molar-refractivity contribution in [1.82, 2.24) is 4.67 Å². The molecule has 0 fully saturated rings. The Labute approximate surface area is 42.5 Å². The van der Waals surface area contributed by atoms with Crippen molar-refractivity contribution in [3.63, 3.8) is 0 Å². The van der Waals surface area contributed by atoms with Crippen molar-refractivity contribution in [2.45, 2.75) is 13.0 Å². The molecule has 0 aromatic heterocycles. The number of nitrogens with zero attached hydrogens (tertiary/aromatic N) is 1. The summed E-state index contributed by atoms with van der Waals surface area (Å²) in [5.41, 5.74) is 1.07. The minimum atomic E-state index is 0.208. The van der Waals surface area contributed by atoms with Gasteiger partial charge in [-0.05, 0) is 6.92 Å². The van der Waals surface area contributed by atoms with Crippen molar-refractivity contribution >= 4 is 11.9 Å². The lowest BCUT2D eigenvalue weighted by Crippen LogP contribution is -2.12. The largest absolute Gasteiger partial charge is 0.412 e. The van der Waals surface area contributed by atoms with Gasteiger partial charge in [0.1, 0.15) is 0 Å². The smallest absolute Gasteiger partial charge is 0.369 e. The first-order valence-corrected chi connectivity index (χ1v) is 2.28. The van der Waals surface area contributed by atoms with Crippen LogP contribution in [0.15, 0.2) is 0 Å². The van der Waals surface area contributed by atoms with E-state index in [1.165, 1.54) is 0 Å². The molecule has 1 atom stereocenters. The minimum absolute atomic E-state index is 0.208. The fourth-order valence-electron chi connectivity index (χ4n) is 0.368. The Morgan fingerprint density at radius 2 is 2.43 bits per heavy atom. The first-order chi connectivity index (χ1) is 3.34. The molecular weight excluding hydrogens is 90.1 g/mol. The monoisotopic (exact) mass is 98.1 g/mol. The van der Waals surface area contributed by atoms with Gasteiger partial charge in [0.15, 0.2) is 6.10 Å². The zero-order valence-electron chi connectivity index (χ0n) is 4.51. The highest BCUT2D eigenvalue weighted by Gasteiger charge is 2.29. The van der Waals surface area contributed by atoms with Crippen LogP contribution >= 0.6 is 0 Å². The van der Waals surface area contributed by atoms with Crippen molar-refractivity contribution < 1.29 is 4.74 Å². The summed E-state index contributed by atoms with van der Waals surface area (Å²) in [7, 11) is 1.68. The number of rotatable bonds is 2. The van der Waals surface area contributed by atoms with Gasteiger partial charge in [0.2, 0.25) is 0 Å². The molecule has 2 nitrogen and oxygen atoms in total. The van der Waals surface area contributed by atoms with Gasteiger partial charge >= 0.3 is 11.9 Å². The maximum atomic E-state index is 4.91. The summed E-state index contributed by atoms with van der Waals surface area (Å²) in [6.07, 6.45) is 2.02. The van der Waals surface area contributed by atoms with Crippen LogP contribution in [0.3, 0.4) is 0 Å². The van der Waals surface area contributed by atoms with Crippen LogP contribution in [0.2, 0.25) is 0 Å². The van der Waals surface area contributed by atoms with Gasteiger partial charge in [-0.25, -0.2) is 0 Å². The van der Waals surface area contributed by atoms with Crippen molar-refractivity contribution in [2.75, 3.05) is 7.11 Å². The predicted molar refractivity (Wildman–Crippen MR) is 29.7 cm³/mol. The van der Waals surface area contributed by atoms with E-state index in [1.54, 1.807) is 7.11 Å². The first-order valence-electron chi connectivity index (χ1n) is 2.28. The summed E-state index contributed by atoms with van der Waals surface area (Å²) in [4.78, 5) is 0. The van der Waals surface area contributed by atoms with Gasteiger partial charge in [0.05, 0.1) is 0 Å². The topological polar surface area (TPSA) is 23.3 Å². The molecule has 1 aliphatic rings. The van der Waals surface area contributed by atoms with E-state index in [1.807, 2.05) is 13.1 Å². The summed E-state index contributed by atoms with van der Waals surface area (Å²) in [6.45, 7) is 1.97. The van der Waals surface area contributed by atoms with Crippen LogP contribution in [-0.2, 0) is 4.74 Å². The van der Waals surface area contributed by atoms with Crippen LogP contribution < -0.4 is 4.67 Å². The Balaban J connectivity index is 2.26. The quantitative estimate of drug-likeness (QED) is 0.431. The molecule has 1 aliphatic heterocycles. The molecular formula is C5H8NO+. The van der Waals surface area contributed by atoms with Gasteiger partial charge in [-0.3, -0.25) is 0 Å². The highest BCUT2D eigenvalue weighted by atomic mass is 16.5. The minimum Gasteiger partial charge on any atom is -0.369 e. The van der Waals surface area contributed by atoms with Gasteiger partial charge < -0.3 is 4.74 Å². The fourth-order valence-corrected chi connectivity index (χ4v) is 0.368. The third-order valence-corrected chi connectivity index (χ3v) is 1.05. The summed E-state index contributed by atoms with van der Waals surface area (Å²) in [5, 5.41) is 0. The molecule has 1 rings (SSSR count). The second-order valence-corrected chi connectivity index (χ2v) is 1.56. The molecule has 38 valence electrons. The van der Waals surface area contributed by atoms with Crippen LogP contribution in [0, 0.1) is 0 Å². The highest BCUT2D eigenvalue weighted by molar-refractivity contribution is 6.41. The Morgan fingerprint density at radius 3 is 2.57 bits per heavy atom. The van der Waals surface area contributed by atoms with Crippen LogP contribution in [0.25, 0.3) is 0 Å². The molecule has 7 heavy (non-hydrogen) atoms. The van der Waals surface area contributed by atoms with Crippen molar-refractivity contribution in [3.05, 3.63) is 0 Å². The van der Waals surface area contributed by atoms with Gasteiger partial charge in [-0.1, -0.05) is 4.67 Å². The van der Waals surface area contributed by atoms with Gasteiger partial charge in [0.25, 0.3) is 0 Å². The summed E-state index contributed by atoms with van der Waals surface area (Å²) < 4.78 is 8.75. The van der Waals surface area contributed by atoms with Gasteiger partial charge in [-0.2, -0.15) is 0 Å². The molecule has 0 aromatic rings. The molecule has 1 heterocycles. The van der Waals surface area contributed by atoms with Crippen molar-refractivity contribution in [2.24, 2.45) is 0 Å². The second-order valence-electron chi connectivity index (χ2n) is 1.56. The van der Waals surface area contributed by atoms with E-state index in [0.717, 1.165) is 5.71 Å². The average Bonchev–Trinajstić information content (AvgIpc) is 2.44. The maximum Gasteiger partial charge on any atom is 0.412 e. The van der Waals surface area contributed by atoms with Crippen LogP contribution in [0.1, 0.15) is 6.92 Å². The number of ether oxygens (including phenoxy) is 1. The molecule has 0 amide bonds. The Hall–Kier alpha value is -0.590. The molecule has 0 aliphatic carbocycles. The molecule has 1 unspecified atom stereocenters. The van der Waals surface area contributed by atoms with E-state index in [4.69, 9.17) is 4.74 Å². The molecule has 0 saturated carbocycles. The standard InChI is InChI=1S/C5H8NO/c1-4(7-2)5-3-6-5/h3-4H,1-2H3/q+1. The zero-order chi connectivity index (χ0) is 5.28. The molecule has 0 saturated heterocycles. The first kappa shape index (κ1) is 4.57. The van der Waals surface area contributed by atoms with E-state index < -0.39 is 0 Å². The maximum absolute atomic E-state index is 4.91. The highest BCUT2D eigenvalue weighted by Crippen LogP contribution is 1.89. The molecule has 0 bridgehead atoms. The zero-order valence-corrected chi connectivity index (χ0v) is 4.51. The molecule has 2 heteroatoms. The lowest BCUT2D eigenvalue weighted by atomic mass is 10.3. The number of methoxy groups -OCH3 is 1. The van der Waals surface area contributed by atoms with Crippen LogP contribution in [0.5, 0.6) is 0 Å². The van der Waals surface area contributed by atoms with E-state index in [2.05, 4.69) is 4.67 Å². The van der Waals surface area contributed by atoms with E-state index in [9.17, 15) is 0 Å². The van der Waals surface area contributed by atoms with Crippen molar-refractivity contribution in [3.8, 4) is 0 Å². The van der Waals surface area contributed by atoms with Gasteiger partial charge in [0, 0.05) is 7.11 Å². The second kappa shape index (κ2) is 1.49. The average molecular weight is 98.1 g/mol.